The molecule has 3 rings (SSSR count). The average molecular weight is 332 g/mol. The first kappa shape index (κ1) is 17.6. The molecule has 0 bridgehead atoms. The van der Waals surface area contributed by atoms with Gasteiger partial charge in [-0.2, -0.15) is 0 Å². The van der Waals surface area contributed by atoms with E-state index >= 15 is 0 Å². The van der Waals surface area contributed by atoms with Gasteiger partial charge in [0, 0.05) is 12.8 Å². The molecule has 2 saturated heterocycles. The van der Waals surface area contributed by atoms with E-state index in [0.717, 1.165) is 19.3 Å². The Morgan fingerprint density at radius 1 is 1.25 bits per heavy atom. The fourth-order valence-corrected chi connectivity index (χ4v) is 3.44. The summed E-state index contributed by atoms with van der Waals surface area (Å²) in [4.78, 5) is 0. The quantitative estimate of drug-likeness (QED) is 0.711. The molecule has 1 aromatic carbocycles. The van der Waals surface area contributed by atoms with Crippen LogP contribution in [0, 0.1) is 0 Å². The van der Waals surface area contributed by atoms with Gasteiger partial charge in [-0.25, -0.2) is 0 Å². The second-order valence-electron chi connectivity index (χ2n) is 7.08. The average Bonchev–Trinajstić information content (AvgIpc) is 3.09. The van der Waals surface area contributed by atoms with Gasteiger partial charge in [0.25, 0.3) is 0 Å². The van der Waals surface area contributed by atoms with Gasteiger partial charge in [0.15, 0.2) is 5.79 Å². The molecule has 132 valence electrons. The van der Waals surface area contributed by atoms with Crippen molar-refractivity contribution in [2.24, 2.45) is 0 Å². The van der Waals surface area contributed by atoms with Crippen LogP contribution in [0.2, 0.25) is 0 Å². The van der Waals surface area contributed by atoms with E-state index < -0.39 is 5.79 Å². The molecule has 0 amide bonds. The highest BCUT2D eigenvalue weighted by atomic mass is 16.7. The summed E-state index contributed by atoms with van der Waals surface area (Å²) in [6.07, 6.45) is 4.86. The third kappa shape index (κ3) is 4.67. The maximum absolute atomic E-state index is 6.20. The first-order chi connectivity index (χ1) is 11.6. The van der Waals surface area contributed by atoms with Crippen LogP contribution in [0.1, 0.15) is 38.7 Å². The molecule has 1 aromatic rings. The SMILES string of the molecule is C=CC[C@H]1C[C@@H](OCc2ccccc2)[C@@H](C[C@@H]2COC(C)(C)O2)O1. The molecule has 0 aromatic heterocycles. The topological polar surface area (TPSA) is 36.9 Å². The minimum atomic E-state index is -0.496. The van der Waals surface area contributed by atoms with Gasteiger partial charge >= 0.3 is 0 Å². The summed E-state index contributed by atoms with van der Waals surface area (Å²) >= 11 is 0. The maximum atomic E-state index is 6.20. The summed E-state index contributed by atoms with van der Waals surface area (Å²) in [5, 5.41) is 0. The lowest BCUT2D eigenvalue weighted by molar-refractivity contribution is -0.144. The summed E-state index contributed by atoms with van der Waals surface area (Å²) in [7, 11) is 0. The van der Waals surface area contributed by atoms with Crippen LogP contribution >= 0.6 is 0 Å². The highest BCUT2D eigenvalue weighted by Gasteiger charge is 2.40. The molecule has 0 radical (unpaired) electrons. The van der Waals surface area contributed by atoms with Gasteiger partial charge in [-0.1, -0.05) is 36.4 Å². The Balaban J connectivity index is 1.57. The molecule has 0 unspecified atom stereocenters. The van der Waals surface area contributed by atoms with Crippen molar-refractivity contribution in [2.75, 3.05) is 6.61 Å². The molecule has 4 nitrogen and oxygen atoms in total. The van der Waals surface area contributed by atoms with Crippen molar-refractivity contribution in [1.82, 2.24) is 0 Å². The predicted molar refractivity (Wildman–Crippen MR) is 92.6 cm³/mol. The van der Waals surface area contributed by atoms with E-state index in [9.17, 15) is 0 Å². The molecule has 4 atom stereocenters. The Morgan fingerprint density at radius 2 is 2.04 bits per heavy atom. The van der Waals surface area contributed by atoms with Crippen LogP contribution in [-0.2, 0) is 25.6 Å². The van der Waals surface area contributed by atoms with Crippen LogP contribution < -0.4 is 0 Å². The van der Waals surface area contributed by atoms with Gasteiger partial charge in [-0.3, -0.25) is 0 Å². The molecule has 0 aliphatic carbocycles. The Morgan fingerprint density at radius 3 is 2.71 bits per heavy atom. The number of hydrogen-bond acceptors (Lipinski definition) is 4. The molecular formula is C20H28O4. The highest BCUT2D eigenvalue weighted by Crippen LogP contribution is 2.33. The minimum absolute atomic E-state index is 0.0427. The van der Waals surface area contributed by atoms with E-state index in [-0.39, 0.29) is 24.4 Å². The maximum Gasteiger partial charge on any atom is 0.163 e. The Hall–Kier alpha value is -1.20. The summed E-state index contributed by atoms with van der Waals surface area (Å²) in [6, 6.07) is 10.3. The smallest absolute Gasteiger partial charge is 0.163 e. The lowest BCUT2D eigenvalue weighted by atomic mass is 10.0. The number of ether oxygens (including phenoxy) is 4. The monoisotopic (exact) mass is 332 g/mol. The molecule has 0 spiro atoms. The first-order valence-corrected chi connectivity index (χ1v) is 8.79. The van der Waals surface area contributed by atoms with Crippen LogP contribution in [-0.4, -0.2) is 36.8 Å². The highest BCUT2D eigenvalue weighted by molar-refractivity contribution is 5.13. The zero-order chi connectivity index (χ0) is 17.0. The van der Waals surface area contributed by atoms with Crippen molar-refractivity contribution < 1.29 is 18.9 Å². The standard InChI is InChI=1S/C20H28O4/c1-4-8-16-11-18(21-13-15-9-6-5-7-10-15)19(23-16)12-17-14-22-20(2,3)24-17/h4-7,9-10,16-19H,1,8,11-14H2,2-3H3/t16-,17+,18+,19+/m0/s1. The molecule has 2 aliphatic rings. The van der Waals surface area contributed by atoms with Crippen molar-refractivity contribution in [3.8, 4) is 0 Å². The van der Waals surface area contributed by atoms with Crippen molar-refractivity contribution in [3.63, 3.8) is 0 Å². The normalized spacial score (nSPS) is 32.1. The van der Waals surface area contributed by atoms with Crippen LogP contribution in [0.15, 0.2) is 43.0 Å². The van der Waals surface area contributed by atoms with Gasteiger partial charge in [0.1, 0.15) is 0 Å². The van der Waals surface area contributed by atoms with Gasteiger partial charge in [-0.15, -0.1) is 6.58 Å². The number of hydrogen-bond donors (Lipinski definition) is 0. The van der Waals surface area contributed by atoms with E-state index in [1.165, 1.54) is 5.56 Å². The van der Waals surface area contributed by atoms with Crippen LogP contribution in [0.25, 0.3) is 0 Å². The van der Waals surface area contributed by atoms with Crippen LogP contribution in [0.5, 0.6) is 0 Å². The lowest BCUT2D eigenvalue weighted by Gasteiger charge is -2.23. The predicted octanol–water partition coefficient (Wildman–Crippen LogP) is 3.85. The molecular weight excluding hydrogens is 304 g/mol. The van der Waals surface area contributed by atoms with E-state index in [0.29, 0.717) is 13.2 Å². The van der Waals surface area contributed by atoms with E-state index in [4.69, 9.17) is 18.9 Å². The van der Waals surface area contributed by atoms with Crippen molar-refractivity contribution in [3.05, 3.63) is 48.6 Å². The molecule has 0 N–H and O–H groups in total. The van der Waals surface area contributed by atoms with Crippen molar-refractivity contribution in [1.29, 1.82) is 0 Å². The van der Waals surface area contributed by atoms with Crippen LogP contribution in [0.3, 0.4) is 0 Å². The van der Waals surface area contributed by atoms with Crippen molar-refractivity contribution >= 4 is 0 Å². The summed E-state index contributed by atoms with van der Waals surface area (Å²) < 4.78 is 24.0. The van der Waals surface area contributed by atoms with E-state index in [1.54, 1.807) is 0 Å². The fourth-order valence-electron chi connectivity index (χ4n) is 3.44. The second-order valence-corrected chi connectivity index (χ2v) is 7.08. The summed E-state index contributed by atoms with van der Waals surface area (Å²) in [6.45, 7) is 8.95. The van der Waals surface area contributed by atoms with E-state index in [1.807, 2.05) is 38.1 Å². The summed E-state index contributed by atoms with van der Waals surface area (Å²) in [5.41, 5.74) is 1.19. The van der Waals surface area contributed by atoms with Crippen molar-refractivity contribution in [2.45, 2.75) is 69.9 Å². The fraction of sp³-hybridized carbons (Fsp3) is 0.600. The van der Waals surface area contributed by atoms with Gasteiger partial charge in [0.05, 0.1) is 37.6 Å². The lowest BCUT2D eigenvalue weighted by Crippen LogP contribution is -2.30. The molecule has 4 heteroatoms. The number of rotatable bonds is 7. The Labute approximate surface area is 144 Å². The largest absolute Gasteiger partial charge is 0.372 e. The zero-order valence-corrected chi connectivity index (χ0v) is 14.6. The molecule has 2 heterocycles. The molecule has 2 fully saturated rings. The third-order valence-corrected chi connectivity index (χ3v) is 4.58. The Bertz CT molecular complexity index is 528. The minimum Gasteiger partial charge on any atom is -0.372 e. The molecule has 2 aliphatic heterocycles. The van der Waals surface area contributed by atoms with Crippen LogP contribution in [0.4, 0.5) is 0 Å². The second kappa shape index (κ2) is 7.79. The number of benzene rings is 1. The third-order valence-electron chi connectivity index (χ3n) is 4.58. The van der Waals surface area contributed by atoms with Gasteiger partial charge in [0.2, 0.25) is 0 Å². The molecule has 24 heavy (non-hydrogen) atoms. The zero-order valence-electron chi connectivity index (χ0n) is 14.6. The Kier molecular flexibility index (Phi) is 5.72. The summed E-state index contributed by atoms with van der Waals surface area (Å²) in [5.74, 6) is -0.496. The van der Waals surface area contributed by atoms with Gasteiger partial charge in [-0.05, 0) is 25.8 Å². The van der Waals surface area contributed by atoms with E-state index in [2.05, 4.69) is 18.7 Å². The molecule has 0 saturated carbocycles. The first-order valence-electron chi connectivity index (χ1n) is 8.79. The van der Waals surface area contributed by atoms with Gasteiger partial charge < -0.3 is 18.9 Å².